The lowest BCUT2D eigenvalue weighted by molar-refractivity contribution is 0.624. The Labute approximate surface area is 132 Å². The van der Waals surface area contributed by atoms with Crippen molar-refractivity contribution >= 4 is 0 Å². The highest BCUT2D eigenvalue weighted by molar-refractivity contribution is 5.44. The Balaban J connectivity index is 1.98. The molecule has 0 aliphatic heterocycles. The molecule has 0 N–H and O–H groups in total. The smallest absolute Gasteiger partial charge is 0.136 e. The summed E-state index contributed by atoms with van der Waals surface area (Å²) >= 11 is 0. The molecule has 0 aliphatic carbocycles. The minimum Gasteiger partial charge on any atom is -0.260 e. The molecule has 0 amide bonds. The summed E-state index contributed by atoms with van der Waals surface area (Å²) in [5.41, 5.74) is 2.56. The lowest BCUT2D eigenvalue weighted by atomic mass is 10.2. The van der Waals surface area contributed by atoms with Crippen LogP contribution >= 0.6 is 0 Å². The predicted molar refractivity (Wildman–Crippen MR) is 81.0 cm³/mol. The third-order valence-corrected chi connectivity index (χ3v) is 3.03. The third kappa shape index (κ3) is 3.22. The van der Waals surface area contributed by atoms with Gasteiger partial charge in [0.05, 0.1) is 23.5 Å². The molecule has 0 unspecified atom stereocenters. The largest absolute Gasteiger partial charge is 0.260 e. The average Bonchev–Trinajstić information content (AvgIpc) is 2.94. The maximum absolute atomic E-state index is 13.6. The zero-order valence-electron chi connectivity index (χ0n) is 12.2. The van der Waals surface area contributed by atoms with Gasteiger partial charge in [0.1, 0.15) is 17.2 Å². The number of aryl methyl sites for hydroxylation is 1. The number of hydrogen-bond acceptors (Lipinski definition) is 4. The highest BCUT2D eigenvalue weighted by Gasteiger charge is 2.08. The molecule has 2 aromatic heterocycles. The predicted octanol–water partition coefficient (Wildman–Crippen LogP) is 2.38. The van der Waals surface area contributed by atoms with Gasteiger partial charge in [0.2, 0.25) is 0 Å². The first-order valence-corrected chi connectivity index (χ1v) is 6.71. The molecule has 0 saturated heterocycles. The summed E-state index contributed by atoms with van der Waals surface area (Å²) in [6.45, 7) is 1.83. The second-order valence-electron chi connectivity index (χ2n) is 4.73. The van der Waals surface area contributed by atoms with Crippen molar-refractivity contribution in [1.29, 1.82) is 5.26 Å². The lowest BCUT2D eigenvalue weighted by Gasteiger charge is -2.04. The molecule has 110 valence electrons. The van der Waals surface area contributed by atoms with E-state index in [1.807, 2.05) is 13.0 Å². The van der Waals surface area contributed by atoms with Gasteiger partial charge in [0.25, 0.3) is 0 Å². The van der Waals surface area contributed by atoms with Crippen LogP contribution in [0.2, 0.25) is 0 Å². The van der Waals surface area contributed by atoms with Crippen LogP contribution < -0.4 is 0 Å². The van der Waals surface area contributed by atoms with E-state index < -0.39 is 5.82 Å². The van der Waals surface area contributed by atoms with Gasteiger partial charge in [-0.2, -0.15) is 10.4 Å². The highest BCUT2D eigenvalue weighted by atomic mass is 19.1. The number of hydrogen-bond donors (Lipinski definition) is 0. The topological polar surface area (TPSA) is 67.4 Å². The Morgan fingerprint density at radius 3 is 2.65 bits per heavy atom. The summed E-state index contributed by atoms with van der Waals surface area (Å²) in [7, 11) is 0. The minimum atomic E-state index is -0.485. The van der Waals surface area contributed by atoms with E-state index in [1.165, 1.54) is 12.1 Å². The van der Waals surface area contributed by atoms with Crippen molar-refractivity contribution < 1.29 is 4.39 Å². The molecule has 6 heteroatoms. The van der Waals surface area contributed by atoms with Crippen LogP contribution in [0.3, 0.4) is 0 Å². The Hall–Kier alpha value is -3.51. The molecular weight excluding hydrogens is 293 g/mol. The quantitative estimate of drug-likeness (QED) is 0.647. The molecule has 3 aromatic rings. The average molecular weight is 303 g/mol. The van der Waals surface area contributed by atoms with Crippen LogP contribution in [0.15, 0.2) is 42.9 Å². The molecule has 23 heavy (non-hydrogen) atoms. The fraction of sp³-hybridized carbons (Fsp3) is 0.0588. The molecule has 2 heterocycles. The zero-order chi connectivity index (χ0) is 16.2. The van der Waals surface area contributed by atoms with Gasteiger partial charge in [-0.3, -0.25) is 4.98 Å². The molecular formula is C17H10FN5. The summed E-state index contributed by atoms with van der Waals surface area (Å²) in [6, 6.07) is 7.77. The van der Waals surface area contributed by atoms with Crippen LogP contribution in [-0.2, 0) is 0 Å². The van der Waals surface area contributed by atoms with Crippen molar-refractivity contribution in [2.45, 2.75) is 6.92 Å². The summed E-state index contributed by atoms with van der Waals surface area (Å²) in [6.07, 6.45) is 4.69. The SMILES string of the molecule is Cc1cc(C#Cc2cnccn2)nn1-c1cc(F)cc(C#N)c1. The molecule has 0 atom stereocenters. The van der Waals surface area contributed by atoms with Crippen LogP contribution in [0.25, 0.3) is 5.69 Å². The van der Waals surface area contributed by atoms with Crippen molar-refractivity contribution in [1.82, 2.24) is 19.7 Å². The van der Waals surface area contributed by atoms with E-state index in [0.717, 1.165) is 5.69 Å². The van der Waals surface area contributed by atoms with Gasteiger partial charge in [-0.1, -0.05) is 0 Å². The van der Waals surface area contributed by atoms with E-state index in [1.54, 1.807) is 35.4 Å². The fourth-order valence-electron chi connectivity index (χ4n) is 2.05. The van der Waals surface area contributed by atoms with Gasteiger partial charge in [-0.05, 0) is 43.0 Å². The van der Waals surface area contributed by atoms with Gasteiger partial charge >= 0.3 is 0 Å². The molecule has 0 aliphatic rings. The fourth-order valence-corrected chi connectivity index (χ4v) is 2.05. The van der Waals surface area contributed by atoms with Gasteiger partial charge in [0.15, 0.2) is 0 Å². The van der Waals surface area contributed by atoms with E-state index >= 15 is 0 Å². The van der Waals surface area contributed by atoms with Crippen molar-refractivity contribution in [2.75, 3.05) is 0 Å². The van der Waals surface area contributed by atoms with Crippen LogP contribution in [-0.4, -0.2) is 19.7 Å². The first-order valence-electron chi connectivity index (χ1n) is 6.71. The molecule has 5 nitrogen and oxygen atoms in total. The number of aromatic nitrogens is 4. The van der Waals surface area contributed by atoms with E-state index in [-0.39, 0.29) is 5.56 Å². The first kappa shape index (κ1) is 14.4. The maximum atomic E-state index is 13.6. The van der Waals surface area contributed by atoms with Gasteiger partial charge in [0, 0.05) is 18.1 Å². The van der Waals surface area contributed by atoms with Gasteiger partial charge in [-0.25, -0.2) is 14.1 Å². The second kappa shape index (κ2) is 6.08. The number of halogens is 1. The van der Waals surface area contributed by atoms with Crippen LogP contribution in [0.4, 0.5) is 4.39 Å². The number of rotatable bonds is 1. The Morgan fingerprint density at radius 1 is 1.09 bits per heavy atom. The first-order chi connectivity index (χ1) is 11.2. The molecule has 0 radical (unpaired) electrons. The molecule has 0 saturated carbocycles. The molecule has 0 bridgehead atoms. The van der Waals surface area contributed by atoms with Crippen LogP contribution in [0.1, 0.15) is 22.6 Å². The van der Waals surface area contributed by atoms with E-state index in [9.17, 15) is 4.39 Å². The molecule has 0 fully saturated rings. The van der Waals surface area contributed by atoms with E-state index in [4.69, 9.17) is 5.26 Å². The monoisotopic (exact) mass is 303 g/mol. The van der Waals surface area contributed by atoms with Gasteiger partial charge in [-0.15, -0.1) is 0 Å². The Morgan fingerprint density at radius 2 is 1.91 bits per heavy atom. The van der Waals surface area contributed by atoms with Crippen LogP contribution in [0, 0.1) is 35.9 Å². The maximum Gasteiger partial charge on any atom is 0.136 e. The normalized spacial score (nSPS) is 9.78. The number of nitriles is 1. The standard InChI is InChI=1S/C17H10FN5/c1-12-6-15(2-3-16-11-20-4-5-21-16)22-23(12)17-8-13(10-19)7-14(18)9-17/h4-9,11H,1H3. The van der Waals surface area contributed by atoms with Crippen molar-refractivity contribution in [3.8, 4) is 23.6 Å². The molecule has 1 aromatic carbocycles. The summed E-state index contributed by atoms with van der Waals surface area (Å²) in [5.74, 6) is 5.27. The van der Waals surface area contributed by atoms with E-state index in [2.05, 4.69) is 26.9 Å². The number of benzene rings is 1. The number of nitrogens with zero attached hydrogens (tertiary/aromatic N) is 5. The Bertz CT molecular complexity index is 958. The molecule has 3 rings (SSSR count). The zero-order valence-corrected chi connectivity index (χ0v) is 12.2. The van der Waals surface area contributed by atoms with Crippen molar-refractivity contribution in [2.24, 2.45) is 0 Å². The van der Waals surface area contributed by atoms with Gasteiger partial charge < -0.3 is 0 Å². The summed E-state index contributed by atoms with van der Waals surface area (Å²) in [5, 5.41) is 13.3. The van der Waals surface area contributed by atoms with Crippen molar-refractivity contribution in [3.05, 3.63) is 71.3 Å². The van der Waals surface area contributed by atoms with Crippen molar-refractivity contribution in [3.63, 3.8) is 0 Å². The summed E-state index contributed by atoms with van der Waals surface area (Å²) < 4.78 is 15.1. The third-order valence-electron chi connectivity index (χ3n) is 3.03. The lowest BCUT2D eigenvalue weighted by Crippen LogP contribution is -2.00. The second-order valence-corrected chi connectivity index (χ2v) is 4.73. The highest BCUT2D eigenvalue weighted by Crippen LogP contribution is 2.15. The Kier molecular flexibility index (Phi) is 3.82. The molecule has 0 spiro atoms. The summed E-state index contributed by atoms with van der Waals surface area (Å²) in [4.78, 5) is 7.99. The minimum absolute atomic E-state index is 0.238. The van der Waals surface area contributed by atoms with Crippen LogP contribution in [0.5, 0.6) is 0 Å². The van der Waals surface area contributed by atoms with E-state index in [0.29, 0.717) is 17.1 Å².